The van der Waals surface area contributed by atoms with E-state index in [2.05, 4.69) is 5.32 Å². The van der Waals surface area contributed by atoms with E-state index >= 15 is 0 Å². The summed E-state index contributed by atoms with van der Waals surface area (Å²) in [5.41, 5.74) is 7.00. The van der Waals surface area contributed by atoms with E-state index in [1.807, 2.05) is 12.1 Å². The lowest BCUT2D eigenvalue weighted by molar-refractivity contribution is 0.0943. The molecule has 2 aliphatic rings. The molecule has 3 N–H and O–H groups in total. The zero-order valence-electron chi connectivity index (χ0n) is 10.6. The van der Waals surface area contributed by atoms with Crippen molar-refractivity contribution in [2.75, 3.05) is 12.3 Å². The fourth-order valence-corrected chi connectivity index (χ4v) is 2.76. The Hall–Kier alpha value is -1.51. The van der Waals surface area contributed by atoms with Gasteiger partial charge < -0.3 is 11.1 Å². The van der Waals surface area contributed by atoms with Gasteiger partial charge in [-0.05, 0) is 61.6 Å². The van der Waals surface area contributed by atoms with E-state index < -0.39 is 0 Å². The molecule has 2 fully saturated rings. The number of hydrogen-bond acceptors (Lipinski definition) is 2. The molecule has 1 aromatic carbocycles. The molecule has 0 spiro atoms. The monoisotopic (exact) mass is 244 g/mol. The number of nitrogens with one attached hydrogen (secondary N) is 1. The lowest BCUT2D eigenvalue weighted by Gasteiger charge is -2.16. The average Bonchev–Trinajstić information content (AvgIpc) is 3.23. The number of nitrogens with two attached hydrogens (primary N) is 1. The van der Waals surface area contributed by atoms with Gasteiger partial charge in [-0.3, -0.25) is 4.79 Å². The first-order chi connectivity index (χ1) is 8.74. The molecule has 0 saturated heterocycles. The van der Waals surface area contributed by atoms with Crippen LogP contribution in [0.15, 0.2) is 24.3 Å². The molecule has 3 heteroatoms. The van der Waals surface area contributed by atoms with Crippen molar-refractivity contribution < 1.29 is 4.79 Å². The molecule has 0 radical (unpaired) electrons. The largest absolute Gasteiger partial charge is 0.399 e. The van der Waals surface area contributed by atoms with E-state index in [0.29, 0.717) is 11.3 Å². The van der Waals surface area contributed by atoms with E-state index in [0.717, 1.165) is 24.3 Å². The van der Waals surface area contributed by atoms with Crippen LogP contribution in [0.1, 0.15) is 36.0 Å². The summed E-state index contributed by atoms with van der Waals surface area (Å²) < 4.78 is 0. The van der Waals surface area contributed by atoms with Crippen LogP contribution in [0, 0.1) is 17.8 Å². The van der Waals surface area contributed by atoms with Crippen molar-refractivity contribution >= 4 is 11.6 Å². The van der Waals surface area contributed by atoms with Crippen LogP contribution in [0.2, 0.25) is 0 Å². The minimum absolute atomic E-state index is 0.00796. The third-order valence-electron chi connectivity index (χ3n) is 4.10. The number of rotatable bonds is 5. The second-order valence-corrected chi connectivity index (χ2v) is 5.67. The van der Waals surface area contributed by atoms with E-state index in [1.165, 1.54) is 25.7 Å². The van der Waals surface area contributed by atoms with Gasteiger partial charge in [0.15, 0.2) is 0 Å². The van der Waals surface area contributed by atoms with E-state index in [9.17, 15) is 4.79 Å². The normalized spacial score (nSPS) is 18.9. The van der Waals surface area contributed by atoms with Gasteiger partial charge in [-0.1, -0.05) is 6.07 Å². The van der Waals surface area contributed by atoms with Gasteiger partial charge in [-0.2, -0.15) is 0 Å². The first kappa shape index (κ1) is 11.6. The van der Waals surface area contributed by atoms with Gasteiger partial charge in [0.25, 0.3) is 5.91 Å². The molecule has 2 saturated carbocycles. The van der Waals surface area contributed by atoms with Gasteiger partial charge in [0.1, 0.15) is 0 Å². The van der Waals surface area contributed by atoms with Crippen molar-refractivity contribution in [3.63, 3.8) is 0 Å². The van der Waals surface area contributed by atoms with Crippen molar-refractivity contribution in [2.24, 2.45) is 17.8 Å². The number of nitrogen functional groups attached to an aromatic ring is 1. The van der Waals surface area contributed by atoms with Crippen LogP contribution in [0.3, 0.4) is 0 Å². The number of carbonyl (C=O) groups is 1. The van der Waals surface area contributed by atoms with Gasteiger partial charge >= 0.3 is 0 Å². The fraction of sp³-hybridized carbons (Fsp3) is 0.533. The molecule has 0 atom stereocenters. The zero-order chi connectivity index (χ0) is 12.5. The number of hydrogen-bond donors (Lipinski definition) is 2. The Labute approximate surface area is 108 Å². The molecule has 96 valence electrons. The molecular weight excluding hydrogens is 224 g/mol. The Morgan fingerprint density at radius 1 is 1.28 bits per heavy atom. The van der Waals surface area contributed by atoms with Crippen LogP contribution in [0.5, 0.6) is 0 Å². The summed E-state index contributed by atoms with van der Waals surface area (Å²) in [5.74, 6) is 2.47. The Kier molecular flexibility index (Phi) is 2.98. The molecule has 18 heavy (non-hydrogen) atoms. The number of amides is 1. The Morgan fingerprint density at radius 2 is 1.94 bits per heavy atom. The summed E-state index contributed by atoms with van der Waals surface area (Å²) in [5, 5.41) is 3.07. The van der Waals surface area contributed by atoms with E-state index in [-0.39, 0.29) is 5.91 Å². The summed E-state index contributed by atoms with van der Waals surface area (Å²) in [6.07, 6.45) is 5.43. The highest BCUT2D eigenvalue weighted by Gasteiger charge is 2.41. The van der Waals surface area contributed by atoms with Crippen LogP contribution >= 0.6 is 0 Å². The standard InChI is InChI=1S/C15H20N2O/c16-13-3-1-2-12(8-13)15(18)17-9-14(10-4-5-10)11-6-7-11/h1-3,8,10-11,14H,4-7,9,16H2,(H,17,18). The van der Waals surface area contributed by atoms with Crippen LogP contribution < -0.4 is 11.1 Å². The molecule has 0 aliphatic heterocycles. The first-order valence-electron chi connectivity index (χ1n) is 6.88. The van der Waals surface area contributed by atoms with E-state index in [1.54, 1.807) is 12.1 Å². The Morgan fingerprint density at radius 3 is 2.50 bits per heavy atom. The number of benzene rings is 1. The van der Waals surface area contributed by atoms with Gasteiger partial charge in [0.05, 0.1) is 0 Å². The lowest BCUT2D eigenvalue weighted by atomic mass is 9.98. The third kappa shape index (κ3) is 2.66. The molecule has 3 rings (SSSR count). The van der Waals surface area contributed by atoms with Crippen molar-refractivity contribution in [3.05, 3.63) is 29.8 Å². The topological polar surface area (TPSA) is 55.1 Å². The lowest BCUT2D eigenvalue weighted by Crippen LogP contribution is -2.31. The fourth-order valence-electron chi connectivity index (χ4n) is 2.76. The molecule has 0 heterocycles. The minimum Gasteiger partial charge on any atom is -0.399 e. The molecule has 2 aliphatic carbocycles. The second kappa shape index (κ2) is 4.63. The zero-order valence-corrected chi connectivity index (χ0v) is 10.6. The summed E-state index contributed by atoms with van der Waals surface area (Å²) in [4.78, 5) is 12.0. The highest BCUT2D eigenvalue weighted by Crippen LogP contribution is 2.48. The van der Waals surface area contributed by atoms with Gasteiger partial charge in [0.2, 0.25) is 0 Å². The second-order valence-electron chi connectivity index (χ2n) is 5.67. The molecule has 0 aromatic heterocycles. The SMILES string of the molecule is Nc1cccc(C(=O)NCC(C2CC2)C2CC2)c1. The van der Waals surface area contributed by atoms with Crippen molar-refractivity contribution in [3.8, 4) is 0 Å². The Balaban J connectivity index is 1.57. The molecular formula is C15H20N2O. The summed E-state index contributed by atoms with van der Waals surface area (Å²) in [6.45, 7) is 0.836. The summed E-state index contributed by atoms with van der Waals surface area (Å²) in [6, 6.07) is 7.17. The van der Waals surface area contributed by atoms with Gasteiger partial charge in [-0.15, -0.1) is 0 Å². The maximum atomic E-state index is 12.0. The van der Waals surface area contributed by atoms with Crippen LogP contribution in [-0.4, -0.2) is 12.5 Å². The summed E-state index contributed by atoms with van der Waals surface area (Å²) >= 11 is 0. The molecule has 0 unspecified atom stereocenters. The van der Waals surface area contributed by atoms with Crippen molar-refractivity contribution in [1.29, 1.82) is 0 Å². The van der Waals surface area contributed by atoms with Gasteiger partial charge in [0, 0.05) is 17.8 Å². The smallest absolute Gasteiger partial charge is 0.251 e. The maximum Gasteiger partial charge on any atom is 0.251 e. The molecule has 1 amide bonds. The highest BCUT2D eigenvalue weighted by atomic mass is 16.1. The maximum absolute atomic E-state index is 12.0. The highest BCUT2D eigenvalue weighted by molar-refractivity contribution is 5.94. The third-order valence-corrected chi connectivity index (χ3v) is 4.10. The number of carbonyl (C=O) groups excluding carboxylic acids is 1. The molecule has 3 nitrogen and oxygen atoms in total. The van der Waals surface area contributed by atoms with Crippen molar-refractivity contribution in [2.45, 2.75) is 25.7 Å². The van der Waals surface area contributed by atoms with Gasteiger partial charge in [-0.25, -0.2) is 0 Å². The predicted octanol–water partition coefficient (Wildman–Crippen LogP) is 2.43. The van der Waals surface area contributed by atoms with Crippen LogP contribution in [-0.2, 0) is 0 Å². The van der Waals surface area contributed by atoms with Crippen molar-refractivity contribution in [1.82, 2.24) is 5.32 Å². The quantitative estimate of drug-likeness (QED) is 0.782. The average molecular weight is 244 g/mol. The minimum atomic E-state index is 0.00796. The van der Waals surface area contributed by atoms with E-state index in [4.69, 9.17) is 5.73 Å². The number of anilines is 1. The Bertz CT molecular complexity index is 438. The first-order valence-corrected chi connectivity index (χ1v) is 6.88. The predicted molar refractivity (Wildman–Crippen MR) is 72.1 cm³/mol. The molecule has 0 bridgehead atoms. The van der Waals surface area contributed by atoms with Crippen LogP contribution in [0.4, 0.5) is 5.69 Å². The molecule has 1 aromatic rings. The summed E-state index contributed by atoms with van der Waals surface area (Å²) in [7, 11) is 0. The van der Waals surface area contributed by atoms with Crippen LogP contribution in [0.25, 0.3) is 0 Å².